The van der Waals surface area contributed by atoms with Crippen molar-refractivity contribution >= 4 is 41.5 Å². The summed E-state index contributed by atoms with van der Waals surface area (Å²) in [4.78, 5) is 98.2. The van der Waals surface area contributed by atoms with Crippen LogP contribution in [0.2, 0.25) is 0 Å². The lowest BCUT2D eigenvalue weighted by molar-refractivity contribution is -0.143. The van der Waals surface area contributed by atoms with Crippen LogP contribution in [-0.2, 0) is 48.0 Å². The third-order valence-electron chi connectivity index (χ3n) is 11.9. The Morgan fingerprint density at radius 3 is 1.76 bits per heavy atom. The molecule has 1 aliphatic heterocycles. The molecule has 1 saturated heterocycles. The van der Waals surface area contributed by atoms with Gasteiger partial charge in [-0.1, -0.05) is 70.5 Å². The van der Waals surface area contributed by atoms with E-state index < -0.39 is 83.7 Å². The van der Waals surface area contributed by atoms with Crippen LogP contribution in [0, 0.1) is 11.8 Å². The van der Waals surface area contributed by atoms with Crippen LogP contribution in [0.5, 0.6) is 17.2 Å². The number of carbonyl (C=O) groups excluding carboxylic acids is 6. The van der Waals surface area contributed by atoms with Crippen molar-refractivity contribution in [3.63, 3.8) is 0 Å². The van der Waals surface area contributed by atoms with Crippen LogP contribution in [-0.4, -0.2) is 117 Å². The number of aliphatic carboxylic acids is 1. The summed E-state index contributed by atoms with van der Waals surface area (Å²) in [5.74, 6) is -5.26. The highest BCUT2D eigenvalue weighted by molar-refractivity contribution is 5.96. The second-order valence-corrected chi connectivity index (χ2v) is 17.3. The number of aryl methyl sites for hydroxylation is 2. The summed E-state index contributed by atoms with van der Waals surface area (Å²) in [7, 11) is 1.45. The second-order valence-electron chi connectivity index (χ2n) is 17.3. The molecule has 10 N–H and O–H groups in total. The van der Waals surface area contributed by atoms with Gasteiger partial charge in [0.1, 0.15) is 53.5 Å². The van der Waals surface area contributed by atoms with Crippen molar-refractivity contribution in [2.45, 2.75) is 122 Å². The number of carboxylic acid groups (broad SMARTS) is 1. The van der Waals surface area contributed by atoms with E-state index in [9.17, 15) is 54.0 Å². The van der Waals surface area contributed by atoms with E-state index in [1.54, 1.807) is 38.1 Å². The first kappa shape index (κ1) is 51.8. The maximum absolute atomic E-state index is 14.7. The number of phenolic OH excluding ortho intramolecular Hbond substituents is 3. The minimum absolute atomic E-state index is 0.0179. The zero-order valence-corrected chi connectivity index (χ0v) is 38.2. The molecule has 3 aromatic carbocycles. The second kappa shape index (κ2) is 25.0. The Morgan fingerprint density at radius 1 is 0.697 bits per heavy atom. The summed E-state index contributed by atoms with van der Waals surface area (Å²) in [5.41, 5.74) is 2.04. The Hall–Kier alpha value is -6.85. The number of hydrogen-bond acceptors (Lipinski definition) is 10. The number of aromatic hydroxyl groups is 3. The van der Waals surface area contributed by atoms with Crippen LogP contribution in [0.15, 0.2) is 72.8 Å². The van der Waals surface area contributed by atoms with Gasteiger partial charge in [-0.3, -0.25) is 24.0 Å². The Labute approximate surface area is 385 Å². The van der Waals surface area contributed by atoms with E-state index in [0.29, 0.717) is 24.8 Å². The topological polar surface area (TPSA) is 276 Å². The van der Waals surface area contributed by atoms with Crippen molar-refractivity contribution in [2.75, 3.05) is 13.6 Å². The van der Waals surface area contributed by atoms with E-state index >= 15 is 0 Å². The van der Waals surface area contributed by atoms with Gasteiger partial charge in [0, 0.05) is 20.0 Å². The molecular weight excluding hydrogens is 851 g/mol. The standard InChI is InChI=1S/C48H65N7O11/c1-6-29(4)41-44(61)49-26-8-7-9-36(51-48(66)52-38(47(64)65)27-32-14-22-35(58)23-15-32)42(59)53-40(28(2)3)45(62)50-37(24-16-30-10-18-33(56)19-11-30)46(63)55(5)39(43(60)54-41)25-17-31-12-20-34(57)21-13-31/h10-15,18-23,28-29,36-41,56-58H,6-9,16-17,24-27H2,1-5H3,(H,49,61)(H,50,62)(H,53,59)(H,54,60)(H,64,65)(H2,51,52,66)/t29-,36+,37-,38-,39?,40-,41-/m0/s1. The Balaban J connectivity index is 1.69. The number of hydrogen-bond donors (Lipinski definition) is 10. The van der Waals surface area contributed by atoms with Gasteiger partial charge in [0.15, 0.2) is 0 Å². The number of urea groups is 1. The summed E-state index contributed by atoms with van der Waals surface area (Å²) >= 11 is 0. The quantitative estimate of drug-likeness (QED) is 0.112. The predicted molar refractivity (Wildman–Crippen MR) is 245 cm³/mol. The van der Waals surface area contributed by atoms with E-state index in [-0.39, 0.29) is 68.2 Å². The highest BCUT2D eigenvalue weighted by Crippen LogP contribution is 2.19. The number of phenols is 3. The molecule has 7 amide bonds. The van der Waals surface area contributed by atoms with Crippen molar-refractivity contribution < 1.29 is 54.0 Å². The smallest absolute Gasteiger partial charge is 0.326 e. The summed E-state index contributed by atoms with van der Waals surface area (Å²) in [6, 6.07) is 10.3. The number of nitrogens with zero attached hydrogens (tertiary/aromatic N) is 1. The molecule has 0 radical (unpaired) electrons. The molecular formula is C48H65N7O11. The van der Waals surface area contributed by atoms with Crippen molar-refractivity contribution in [3.05, 3.63) is 89.5 Å². The van der Waals surface area contributed by atoms with Crippen LogP contribution >= 0.6 is 0 Å². The Bertz CT molecular complexity index is 2120. The van der Waals surface area contributed by atoms with Crippen LogP contribution < -0.4 is 31.9 Å². The molecule has 1 heterocycles. The first-order valence-electron chi connectivity index (χ1n) is 22.5. The average molecular weight is 916 g/mol. The molecule has 1 fully saturated rings. The maximum Gasteiger partial charge on any atom is 0.326 e. The van der Waals surface area contributed by atoms with E-state index in [1.807, 2.05) is 13.8 Å². The van der Waals surface area contributed by atoms with Gasteiger partial charge in [-0.2, -0.15) is 0 Å². The highest BCUT2D eigenvalue weighted by Gasteiger charge is 2.37. The van der Waals surface area contributed by atoms with Crippen LogP contribution in [0.25, 0.3) is 0 Å². The number of likely N-dealkylation sites (N-methyl/N-ethyl adjacent to an activating group) is 1. The zero-order valence-electron chi connectivity index (χ0n) is 38.2. The van der Waals surface area contributed by atoms with Gasteiger partial charge in [-0.15, -0.1) is 0 Å². The SMILES string of the molecule is CC[C@H](C)[C@@H]1NC(=O)C(CCc2ccc(O)cc2)N(C)C(=O)[C@H](CCc2ccc(O)cc2)NC(=O)[C@H](C(C)C)NC(=O)[C@H](NC(=O)N[C@@H](Cc2ccc(O)cc2)C(=O)O)CCCCNC1=O. The number of rotatable bonds is 14. The molecule has 4 rings (SSSR count). The minimum atomic E-state index is -1.41. The molecule has 0 saturated carbocycles. The predicted octanol–water partition coefficient (Wildman–Crippen LogP) is 3.02. The molecule has 1 unspecified atom stereocenters. The zero-order chi connectivity index (χ0) is 48.5. The average Bonchev–Trinajstić information content (AvgIpc) is 3.28. The van der Waals surface area contributed by atoms with Gasteiger partial charge >= 0.3 is 12.0 Å². The number of nitrogens with one attached hydrogen (secondary N) is 6. The Kier molecular flexibility index (Phi) is 19.6. The molecule has 18 heteroatoms. The highest BCUT2D eigenvalue weighted by atomic mass is 16.4. The first-order chi connectivity index (χ1) is 31.4. The molecule has 7 atom stereocenters. The molecule has 66 heavy (non-hydrogen) atoms. The van der Waals surface area contributed by atoms with E-state index in [4.69, 9.17) is 0 Å². The minimum Gasteiger partial charge on any atom is -0.508 e. The Morgan fingerprint density at radius 2 is 1.23 bits per heavy atom. The summed E-state index contributed by atoms with van der Waals surface area (Å²) < 4.78 is 0. The van der Waals surface area contributed by atoms with Gasteiger partial charge in [0.25, 0.3) is 0 Å². The third-order valence-corrected chi connectivity index (χ3v) is 11.9. The molecule has 0 aliphatic carbocycles. The van der Waals surface area contributed by atoms with Crippen molar-refractivity contribution in [2.24, 2.45) is 11.8 Å². The summed E-state index contributed by atoms with van der Waals surface area (Å²) in [6.07, 6.45) is 1.76. The fraction of sp³-hybridized carbons (Fsp3) is 0.479. The lowest BCUT2D eigenvalue weighted by Gasteiger charge is -2.33. The van der Waals surface area contributed by atoms with Crippen LogP contribution in [0.3, 0.4) is 0 Å². The molecule has 358 valence electrons. The molecule has 3 aromatic rings. The van der Waals surface area contributed by atoms with Gasteiger partial charge in [0.2, 0.25) is 29.5 Å². The monoisotopic (exact) mass is 915 g/mol. The van der Waals surface area contributed by atoms with Gasteiger partial charge in [-0.05, 0) is 110 Å². The van der Waals surface area contributed by atoms with Gasteiger partial charge < -0.3 is 57.2 Å². The molecule has 0 bridgehead atoms. The van der Waals surface area contributed by atoms with Crippen molar-refractivity contribution in [3.8, 4) is 17.2 Å². The molecule has 0 spiro atoms. The first-order valence-corrected chi connectivity index (χ1v) is 22.5. The van der Waals surface area contributed by atoms with Crippen LogP contribution in [0.1, 0.15) is 82.9 Å². The fourth-order valence-electron chi connectivity index (χ4n) is 7.59. The number of carbonyl (C=O) groups is 7. The third kappa shape index (κ3) is 15.7. The fourth-order valence-corrected chi connectivity index (χ4v) is 7.59. The largest absolute Gasteiger partial charge is 0.508 e. The van der Waals surface area contributed by atoms with Crippen molar-refractivity contribution in [1.29, 1.82) is 0 Å². The summed E-state index contributed by atoms with van der Waals surface area (Å²) in [6.45, 7) is 7.21. The maximum atomic E-state index is 14.7. The van der Waals surface area contributed by atoms with Crippen LogP contribution in [0.4, 0.5) is 4.79 Å². The molecule has 18 nitrogen and oxygen atoms in total. The van der Waals surface area contributed by atoms with Gasteiger partial charge in [0.05, 0.1) is 0 Å². The number of amides is 7. The summed E-state index contributed by atoms with van der Waals surface area (Å²) in [5, 5.41) is 55.6. The molecule has 0 aromatic heterocycles. The van der Waals surface area contributed by atoms with E-state index in [0.717, 1.165) is 11.1 Å². The van der Waals surface area contributed by atoms with Crippen molar-refractivity contribution in [1.82, 2.24) is 36.8 Å². The normalized spacial score (nSPS) is 21.5. The molecule has 1 aliphatic rings. The van der Waals surface area contributed by atoms with E-state index in [2.05, 4.69) is 31.9 Å². The lowest BCUT2D eigenvalue weighted by atomic mass is 9.96. The number of carboxylic acids is 1. The van der Waals surface area contributed by atoms with Gasteiger partial charge in [-0.25, -0.2) is 9.59 Å². The lowest BCUT2D eigenvalue weighted by Crippen LogP contribution is -2.61. The van der Waals surface area contributed by atoms with E-state index in [1.165, 1.54) is 60.5 Å². The number of benzene rings is 3.